The fraction of sp³-hybridized carbons (Fsp3) is 0.118. The van der Waals surface area contributed by atoms with Crippen molar-refractivity contribution in [1.82, 2.24) is 0 Å². The maximum absolute atomic E-state index is 11.6. The Morgan fingerprint density at radius 1 is 0.958 bits per heavy atom. The van der Waals surface area contributed by atoms with Gasteiger partial charge in [-0.2, -0.15) is 0 Å². The molecule has 0 radical (unpaired) electrons. The van der Waals surface area contributed by atoms with Gasteiger partial charge in [0, 0.05) is 41.8 Å². The SMILES string of the molecule is C=CC(=O)Oc1c(OC(C)=O)cc(OC(C)=O)c2cc(Cl)ccc12. The normalized spacial score (nSPS) is 10.1. The molecule has 0 aliphatic carbocycles. The zero-order valence-corrected chi connectivity index (χ0v) is 13.7. The van der Waals surface area contributed by atoms with Crippen LogP contribution in [0.15, 0.2) is 36.9 Å². The van der Waals surface area contributed by atoms with E-state index >= 15 is 0 Å². The van der Waals surface area contributed by atoms with Gasteiger partial charge in [0.15, 0.2) is 11.5 Å². The van der Waals surface area contributed by atoms with E-state index in [1.165, 1.54) is 26.0 Å². The third-order valence-electron chi connectivity index (χ3n) is 2.85. The first-order valence-corrected chi connectivity index (χ1v) is 7.17. The van der Waals surface area contributed by atoms with Crippen LogP contribution in [0.4, 0.5) is 0 Å². The summed E-state index contributed by atoms with van der Waals surface area (Å²) < 4.78 is 15.4. The Labute approximate surface area is 142 Å². The van der Waals surface area contributed by atoms with Crippen molar-refractivity contribution in [1.29, 1.82) is 0 Å². The molecule has 2 aromatic rings. The second-order valence-electron chi connectivity index (χ2n) is 4.70. The van der Waals surface area contributed by atoms with Gasteiger partial charge in [0.05, 0.1) is 0 Å². The molecule has 2 aromatic carbocycles. The zero-order chi connectivity index (χ0) is 17.9. The molecular formula is C17H13ClO6. The van der Waals surface area contributed by atoms with Crippen LogP contribution in [0, 0.1) is 0 Å². The van der Waals surface area contributed by atoms with Crippen LogP contribution in [0.25, 0.3) is 10.8 Å². The molecule has 0 amide bonds. The van der Waals surface area contributed by atoms with Gasteiger partial charge < -0.3 is 14.2 Å². The Kier molecular flexibility index (Phi) is 5.21. The van der Waals surface area contributed by atoms with Gasteiger partial charge in [0.2, 0.25) is 0 Å². The summed E-state index contributed by atoms with van der Waals surface area (Å²) in [6, 6.07) is 5.94. The van der Waals surface area contributed by atoms with Crippen molar-refractivity contribution >= 4 is 40.3 Å². The van der Waals surface area contributed by atoms with Gasteiger partial charge in [-0.3, -0.25) is 9.59 Å². The smallest absolute Gasteiger partial charge is 0.335 e. The van der Waals surface area contributed by atoms with E-state index in [0.717, 1.165) is 6.08 Å². The topological polar surface area (TPSA) is 78.9 Å². The van der Waals surface area contributed by atoms with Crippen LogP contribution in [0.1, 0.15) is 13.8 Å². The van der Waals surface area contributed by atoms with Crippen molar-refractivity contribution in [2.75, 3.05) is 0 Å². The van der Waals surface area contributed by atoms with Crippen molar-refractivity contribution in [3.63, 3.8) is 0 Å². The molecule has 6 nitrogen and oxygen atoms in total. The molecule has 0 unspecified atom stereocenters. The minimum Gasteiger partial charge on any atom is -0.426 e. The van der Waals surface area contributed by atoms with E-state index in [4.69, 9.17) is 25.8 Å². The Morgan fingerprint density at radius 3 is 2.17 bits per heavy atom. The first-order chi connectivity index (χ1) is 11.3. The van der Waals surface area contributed by atoms with Crippen molar-refractivity contribution in [2.24, 2.45) is 0 Å². The van der Waals surface area contributed by atoms with Crippen molar-refractivity contribution in [2.45, 2.75) is 13.8 Å². The molecule has 0 saturated heterocycles. The highest BCUT2D eigenvalue weighted by atomic mass is 35.5. The van der Waals surface area contributed by atoms with Crippen LogP contribution in [-0.4, -0.2) is 17.9 Å². The third kappa shape index (κ3) is 3.91. The monoisotopic (exact) mass is 348 g/mol. The minimum atomic E-state index is -0.736. The molecule has 0 heterocycles. The Bertz CT molecular complexity index is 856. The second-order valence-corrected chi connectivity index (χ2v) is 5.14. The number of benzene rings is 2. The van der Waals surface area contributed by atoms with Crippen LogP contribution in [0.2, 0.25) is 5.02 Å². The van der Waals surface area contributed by atoms with Gasteiger partial charge in [0.1, 0.15) is 5.75 Å². The standard InChI is InChI=1S/C17H13ClO6/c1-4-16(21)24-17-12-6-5-11(18)7-13(12)14(22-9(2)19)8-15(17)23-10(3)20/h4-8H,1H2,2-3H3. The maximum atomic E-state index is 11.6. The molecule has 0 atom stereocenters. The number of fused-ring (bicyclic) bond motifs is 1. The highest BCUT2D eigenvalue weighted by Gasteiger charge is 2.20. The van der Waals surface area contributed by atoms with E-state index in [9.17, 15) is 14.4 Å². The number of carbonyl (C=O) groups is 3. The van der Waals surface area contributed by atoms with E-state index < -0.39 is 17.9 Å². The molecule has 0 aliphatic rings. The van der Waals surface area contributed by atoms with Crippen LogP contribution >= 0.6 is 11.6 Å². The Balaban J connectivity index is 2.78. The third-order valence-corrected chi connectivity index (χ3v) is 3.09. The first kappa shape index (κ1) is 17.5. The van der Waals surface area contributed by atoms with E-state index in [1.54, 1.807) is 12.1 Å². The highest BCUT2D eigenvalue weighted by Crippen LogP contribution is 2.43. The van der Waals surface area contributed by atoms with E-state index in [1.807, 2.05) is 0 Å². The number of rotatable bonds is 4. The first-order valence-electron chi connectivity index (χ1n) is 6.79. The van der Waals surface area contributed by atoms with Crippen LogP contribution in [-0.2, 0) is 14.4 Å². The van der Waals surface area contributed by atoms with Crippen molar-refractivity contribution in [3.8, 4) is 17.2 Å². The predicted molar refractivity (Wildman–Crippen MR) is 87.4 cm³/mol. The number of halogens is 1. The molecular weight excluding hydrogens is 336 g/mol. The summed E-state index contributed by atoms with van der Waals surface area (Å²) in [5.74, 6) is -1.88. The number of ether oxygens (including phenoxy) is 3. The summed E-state index contributed by atoms with van der Waals surface area (Å²) in [6.07, 6.45) is 0.972. The van der Waals surface area contributed by atoms with E-state index in [-0.39, 0.29) is 17.2 Å². The summed E-state index contributed by atoms with van der Waals surface area (Å²) >= 11 is 5.99. The van der Waals surface area contributed by atoms with Crippen LogP contribution in [0.5, 0.6) is 17.2 Å². The number of carbonyl (C=O) groups excluding carboxylic acids is 3. The van der Waals surface area contributed by atoms with Gasteiger partial charge in [-0.15, -0.1) is 0 Å². The van der Waals surface area contributed by atoms with Crippen LogP contribution in [0.3, 0.4) is 0 Å². The minimum absolute atomic E-state index is 0.00216. The Hall–Kier alpha value is -2.86. The van der Waals surface area contributed by atoms with Gasteiger partial charge in [-0.25, -0.2) is 4.79 Å². The van der Waals surface area contributed by atoms with Crippen molar-refractivity contribution < 1.29 is 28.6 Å². The number of hydrogen-bond acceptors (Lipinski definition) is 6. The summed E-state index contributed by atoms with van der Waals surface area (Å²) in [4.78, 5) is 34.3. The van der Waals surface area contributed by atoms with Crippen LogP contribution < -0.4 is 14.2 Å². The van der Waals surface area contributed by atoms with E-state index in [0.29, 0.717) is 15.8 Å². The number of esters is 3. The van der Waals surface area contributed by atoms with Gasteiger partial charge in [-0.05, 0) is 18.2 Å². The lowest BCUT2D eigenvalue weighted by atomic mass is 10.1. The lowest BCUT2D eigenvalue weighted by molar-refractivity contribution is -0.133. The molecule has 0 N–H and O–H groups in total. The largest absolute Gasteiger partial charge is 0.426 e. The Morgan fingerprint density at radius 2 is 1.58 bits per heavy atom. The summed E-state index contributed by atoms with van der Waals surface area (Å²) in [7, 11) is 0. The fourth-order valence-corrected chi connectivity index (χ4v) is 2.20. The molecule has 0 aromatic heterocycles. The molecule has 0 aliphatic heterocycles. The van der Waals surface area contributed by atoms with E-state index in [2.05, 4.69) is 6.58 Å². The lowest BCUT2D eigenvalue weighted by Gasteiger charge is -2.15. The molecule has 0 spiro atoms. The molecule has 0 fully saturated rings. The molecule has 124 valence electrons. The lowest BCUT2D eigenvalue weighted by Crippen LogP contribution is -2.09. The molecule has 0 bridgehead atoms. The fourth-order valence-electron chi connectivity index (χ4n) is 2.03. The van der Waals surface area contributed by atoms with Gasteiger partial charge >= 0.3 is 17.9 Å². The number of hydrogen-bond donors (Lipinski definition) is 0. The summed E-state index contributed by atoms with van der Waals surface area (Å²) in [5.41, 5.74) is 0. The summed E-state index contributed by atoms with van der Waals surface area (Å²) in [5, 5.41) is 1.18. The van der Waals surface area contributed by atoms with Gasteiger partial charge in [0.25, 0.3) is 0 Å². The molecule has 24 heavy (non-hydrogen) atoms. The van der Waals surface area contributed by atoms with Gasteiger partial charge in [-0.1, -0.05) is 18.2 Å². The second kappa shape index (κ2) is 7.14. The highest BCUT2D eigenvalue weighted by molar-refractivity contribution is 6.31. The quantitative estimate of drug-likeness (QED) is 0.478. The zero-order valence-electron chi connectivity index (χ0n) is 12.9. The maximum Gasteiger partial charge on any atom is 0.335 e. The molecule has 0 saturated carbocycles. The molecule has 2 rings (SSSR count). The molecule has 7 heteroatoms. The average molecular weight is 349 g/mol. The van der Waals surface area contributed by atoms with Crippen molar-refractivity contribution in [3.05, 3.63) is 41.9 Å². The average Bonchev–Trinajstić information content (AvgIpc) is 2.49. The summed E-state index contributed by atoms with van der Waals surface area (Å²) in [6.45, 7) is 5.75. The predicted octanol–water partition coefficient (Wildman–Crippen LogP) is 3.44.